The molecule has 0 saturated carbocycles. The Labute approximate surface area is 162 Å². The van der Waals surface area contributed by atoms with Crippen LogP contribution in [0, 0.1) is 11.3 Å². The lowest BCUT2D eigenvalue weighted by atomic mass is 10.1. The molecular formula is C18H22N6O2S. The van der Waals surface area contributed by atoms with Crippen molar-refractivity contribution in [3.8, 4) is 6.07 Å². The lowest BCUT2D eigenvalue weighted by Crippen LogP contribution is -2.38. The molecule has 8 nitrogen and oxygen atoms in total. The number of ether oxygens (including phenoxy) is 1. The highest BCUT2D eigenvalue weighted by Gasteiger charge is 2.20. The van der Waals surface area contributed by atoms with Crippen molar-refractivity contribution in [3.05, 3.63) is 29.8 Å². The maximum atomic E-state index is 12.2. The lowest BCUT2D eigenvalue weighted by Gasteiger charge is -2.27. The summed E-state index contributed by atoms with van der Waals surface area (Å²) in [5.41, 5.74) is 1.64. The van der Waals surface area contributed by atoms with E-state index in [0.29, 0.717) is 25.3 Å². The van der Waals surface area contributed by atoms with Crippen LogP contribution in [0.2, 0.25) is 0 Å². The molecule has 1 aliphatic heterocycles. The highest BCUT2D eigenvalue weighted by Crippen LogP contribution is 2.23. The Morgan fingerprint density at radius 1 is 1.30 bits per heavy atom. The van der Waals surface area contributed by atoms with Gasteiger partial charge in [0.1, 0.15) is 0 Å². The Hall–Kier alpha value is -2.57. The Bertz CT molecular complexity index is 808. The van der Waals surface area contributed by atoms with Crippen molar-refractivity contribution < 1.29 is 9.53 Å². The molecule has 2 aromatic rings. The second-order valence-corrected chi connectivity index (χ2v) is 6.94. The largest absolute Gasteiger partial charge is 0.378 e. The Balaban J connectivity index is 1.57. The quantitative estimate of drug-likeness (QED) is 0.726. The van der Waals surface area contributed by atoms with E-state index in [4.69, 9.17) is 10.00 Å². The molecule has 1 saturated heterocycles. The van der Waals surface area contributed by atoms with E-state index in [1.807, 2.05) is 23.6 Å². The van der Waals surface area contributed by atoms with Crippen LogP contribution >= 0.6 is 11.8 Å². The van der Waals surface area contributed by atoms with E-state index in [1.165, 1.54) is 11.8 Å². The fraction of sp³-hybridized carbons (Fsp3) is 0.444. The first-order valence-electron chi connectivity index (χ1n) is 8.85. The number of rotatable bonds is 7. The van der Waals surface area contributed by atoms with Crippen LogP contribution in [0.15, 0.2) is 29.4 Å². The summed E-state index contributed by atoms with van der Waals surface area (Å²) in [6.07, 6.45) is 0.363. The van der Waals surface area contributed by atoms with Crippen molar-refractivity contribution in [2.75, 3.05) is 42.3 Å². The van der Waals surface area contributed by atoms with E-state index in [2.05, 4.69) is 26.5 Å². The van der Waals surface area contributed by atoms with Gasteiger partial charge in [0.2, 0.25) is 11.9 Å². The molecule has 2 heterocycles. The smallest absolute Gasteiger partial charge is 0.234 e. The summed E-state index contributed by atoms with van der Waals surface area (Å²) >= 11 is 1.37. The number of amides is 1. The van der Waals surface area contributed by atoms with Crippen LogP contribution in [0.1, 0.15) is 12.5 Å². The molecule has 3 rings (SSSR count). The molecule has 1 amide bonds. The topological polar surface area (TPSA) is 96.1 Å². The second kappa shape index (κ2) is 9.39. The summed E-state index contributed by atoms with van der Waals surface area (Å²) in [4.78, 5) is 14.4. The number of nitriles is 1. The summed E-state index contributed by atoms with van der Waals surface area (Å²) in [6, 6.07) is 9.40. The van der Waals surface area contributed by atoms with Gasteiger partial charge in [0.05, 0.1) is 31.5 Å². The fourth-order valence-electron chi connectivity index (χ4n) is 2.79. The third kappa shape index (κ3) is 4.99. The van der Waals surface area contributed by atoms with Gasteiger partial charge in [0.25, 0.3) is 0 Å². The molecule has 0 atom stereocenters. The van der Waals surface area contributed by atoms with Gasteiger partial charge >= 0.3 is 0 Å². The zero-order valence-electron chi connectivity index (χ0n) is 15.2. The molecule has 1 N–H and O–H groups in total. The molecule has 0 unspecified atom stereocenters. The summed E-state index contributed by atoms with van der Waals surface area (Å²) in [5, 5.41) is 20.9. The monoisotopic (exact) mass is 386 g/mol. The van der Waals surface area contributed by atoms with Gasteiger partial charge < -0.3 is 15.0 Å². The maximum Gasteiger partial charge on any atom is 0.234 e. The van der Waals surface area contributed by atoms with Gasteiger partial charge in [0, 0.05) is 25.3 Å². The first-order valence-corrected chi connectivity index (χ1v) is 9.84. The summed E-state index contributed by atoms with van der Waals surface area (Å²) in [7, 11) is 0. The first kappa shape index (κ1) is 19.2. The third-order valence-corrected chi connectivity index (χ3v) is 5.13. The van der Waals surface area contributed by atoms with E-state index in [-0.39, 0.29) is 11.7 Å². The minimum absolute atomic E-state index is 0.105. The molecule has 0 bridgehead atoms. The minimum atomic E-state index is -0.105. The van der Waals surface area contributed by atoms with Gasteiger partial charge in [-0.05, 0) is 24.6 Å². The van der Waals surface area contributed by atoms with Gasteiger partial charge in [-0.3, -0.25) is 9.36 Å². The van der Waals surface area contributed by atoms with Gasteiger partial charge in [0.15, 0.2) is 5.16 Å². The molecule has 0 spiro atoms. The van der Waals surface area contributed by atoms with Gasteiger partial charge in [-0.2, -0.15) is 5.26 Å². The van der Waals surface area contributed by atoms with E-state index in [9.17, 15) is 4.79 Å². The molecule has 27 heavy (non-hydrogen) atoms. The van der Waals surface area contributed by atoms with E-state index in [1.54, 1.807) is 12.1 Å². The van der Waals surface area contributed by atoms with Crippen LogP contribution in [0.3, 0.4) is 0 Å². The molecule has 1 aliphatic rings. The highest BCUT2D eigenvalue weighted by molar-refractivity contribution is 7.99. The summed E-state index contributed by atoms with van der Waals surface area (Å²) in [5.74, 6) is 0.977. The average Bonchev–Trinajstić information content (AvgIpc) is 3.12. The zero-order valence-corrected chi connectivity index (χ0v) is 16.0. The zero-order chi connectivity index (χ0) is 19.1. The number of nitrogens with zero attached hydrogens (tertiary/aromatic N) is 5. The summed E-state index contributed by atoms with van der Waals surface area (Å²) in [6.45, 7) is 5.75. The van der Waals surface area contributed by atoms with E-state index >= 15 is 0 Å². The predicted octanol–water partition coefficient (Wildman–Crippen LogP) is 1.93. The molecule has 142 valence electrons. The van der Waals surface area contributed by atoms with Crippen LogP contribution in [-0.2, 0) is 22.5 Å². The van der Waals surface area contributed by atoms with Gasteiger partial charge in [-0.25, -0.2) is 0 Å². The number of carbonyl (C=O) groups is 1. The molecule has 0 aliphatic carbocycles. The second-order valence-electron chi connectivity index (χ2n) is 5.99. The van der Waals surface area contributed by atoms with Crippen LogP contribution in [0.25, 0.3) is 0 Å². The Morgan fingerprint density at radius 2 is 2.04 bits per heavy atom. The number of anilines is 2. The van der Waals surface area contributed by atoms with Crippen LogP contribution < -0.4 is 10.2 Å². The molecule has 1 aromatic carbocycles. The fourth-order valence-corrected chi connectivity index (χ4v) is 3.58. The summed E-state index contributed by atoms with van der Waals surface area (Å²) < 4.78 is 7.41. The molecule has 0 radical (unpaired) electrons. The van der Waals surface area contributed by atoms with Crippen molar-refractivity contribution in [2.24, 2.45) is 0 Å². The van der Waals surface area contributed by atoms with Gasteiger partial charge in [-0.15, -0.1) is 10.2 Å². The molecular weight excluding hydrogens is 364 g/mol. The van der Waals surface area contributed by atoms with Crippen LogP contribution in [0.5, 0.6) is 0 Å². The van der Waals surface area contributed by atoms with E-state index in [0.717, 1.165) is 36.3 Å². The number of carbonyl (C=O) groups excluding carboxylic acids is 1. The predicted molar refractivity (Wildman–Crippen MR) is 104 cm³/mol. The number of benzene rings is 1. The highest BCUT2D eigenvalue weighted by atomic mass is 32.2. The molecule has 1 aromatic heterocycles. The number of morpholine rings is 1. The SMILES string of the molecule is CCn1c(SCC(=O)Nc2ccc(CC#N)cc2)nnc1N1CCOCC1. The maximum absolute atomic E-state index is 12.2. The van der Waals surface area contributed by atoms with Crippen molar-refractivity contribution in [1.82, 2.24) is 14.8 Å². The van der Waals surface area contributed by atoms with Gasteiger partial charge in [-0.1, -0.05) is 23.9 Å². The first-order chi connectivity index (χ1) is 13.2. The van der Waals surface area contributed by atoms with Crippen molar-refractivity contribution in [2.45, 2.75) is 25.0 Å². The third-order valence-electron chi connectivity index (χ3n) is 4.16. The number of hydrogen-bond acceptors (Lipinski definition) is 7. The van der Waals surface area contributed by atoms with Crippen molar-refractivity contribution in [3.63, 3.8) is 0 Å². The van der Waals surface area contributed by atoms with Crippen LogP contribution in [-0.4, -0.2) is 52.7 Å². The Morgan fingerprint density at radius 3 is 2.70 bits per heavy atom. The molecule has 9 heteroatoms. The van der Waals surface area contributed by atoms with Crippen LogP contribution in [0.4, 0.5) is 11.6 Å². The standard InChI is InChI=1S/C18H22N6O2S/c1-2-24-17(23-9-11-26-12-10-23)21-22-18(24)27-13-16(25)20-15-5-3-14(4-6-15)7-8-19/h3-6H,2,7,9-13H2,1H3,(H,20,25). The number of hydrogen-bond donors (Lipinski definition) is 1. The van der Waals surface area contributed by atoms with Crippen molar-refractivity contribution in [1.29, 1.82) is 5.26 Å². The van der Waals surface area contributed by atoms with E-state index < -0.39 is 0 Å². The Kier molecular flexibility index (Phi) is 6.68. The average molecular weight is 386 g/mol. The molecule has 1 fully saturated rings. The number of nitrogens with one attached hydrogen (secondary N) is 1. The van der Waals surface area contributed by atoms with Crippen molar-refractivity contribution >= 4 is 29.3 Å². The minimum Gasteiger partial charge on any atom is -0.378 e. The number of aromatic nitrogens is 3. The normalized spacial score (nSPS) is 14.0. The number of thioether (sulfide) groups is 1. The lowest BCUT2D eigenvalue weighted by molar-refractivity contribution is -0.113.